The highest BCUT2D eigenvalue weighted by Crippen LogP contribution is 2.28. The molecule has 2 N–H and O–H groups in total. The molecule has 1 saturated carbocycles. The minimum atomic E-state index is 0.113. The van der Waals surface area contributed by atoms with Gasteiger partial charge in [0.1, 0.15) is 0 Å². The van der Waals surface area contributed by atoms with Crippen molar-refractivity contribution in [2.75, 3.05) is 26.3 Å². The Morgan fingerprint density at radius 2 is 2.22 bits per heavy atom. The largest absolute Gasteiger partial charge is 0.379 e. The Labute approximate surface area is 108 Å². The van der Waals surface area contributed by atoms with Crippen molar-refractivity contribution in [1.82, 2.24) is 15.5 Å². The molecule has 2 saturated heterocycles. The van der Waals surface area contributed by atoms with E-state index in [-0.39, 0.29) is 12.1 Å². The van der Waals surface area contributed by atoms with E-state index in [9.17, 15) is 4.79 Å². The first-order valence-electron chi connectivity index (χ1n) is 7.21. The summed E-state index contributed by atoms with van der Waals surface area (Å²) in [6.45, 7) is 3.41. The van der Waals surface area contributed by atoms with Gasteiger partial charge in [-0.3, -0.25) is 0 Å². The van der Waals surface area contributed by atoms with Gasteiger partial charge in [-0.05, 0) is 38.6 Å². The molecule has 3 rings (SSSR count). The molecule has 0 spiro atoms. The van der Waals surface area contributed by atoms with Crippen molar-refractivity contribution in [1.29, 1.82) is 0 Å². The predicted molar refractivity (Wildman–Crippen MR) is 68.5 cm³/mol. The van der Waals surface area contributed by atoms with E-state index in [1.54, 1.807) is 0 Å². The summed E-state index contributed by atoms with van der Waals surface area (Å²) >= 11 is 0. The highest BCUT2D eigenvalue weighted by Gasteiger charge is 2.35. The number of amides is 2. The van der Waals surface area contributed by atoms with Gasteiger partial charge in [-0.15, -0.1) is 0 Å². The first-order valence-corrected chi connectivity index (χ1v) is 7.21. The third-order valence-corrected chi connectivity index (χ3v) is 4.09. The number of rotatable bonds is 4. The normalized spacial score (nSPS) is 31.6. The quantitative estimate of drug-likeness (QED) is 0.775. The van der Waals surface area contributed by atoms with Crippen LogP contribution in [-0.2, 0) is 4.74 Å². The first kappa shape index (κ1) is 12.2. The average molecular weight is 253 g/mol. The average Bonchev–Trinajstić information content (AvgIpc) is 2.87. The standard InChI is InChI=1S/C13H23N3O2/c17-13(15-11-5-7-18-9-11)16(12-3-4-12)8-10-2-1-6-14-10/h10-12,14H,1-9H2,(H,15,17). The van der Waals surface area contributed by atoms with Gasteiger partial charge in [0.05, 0.1) is 12.6 Å². The number of nitrogens with one attached hydrogen (secondary N) is 2. The van der Waals surface area contributed by atoms with Crippen molar-refractivity contribution in [3.63, 3.8) is 0 Å². The molecule has 0 aromatic carbocycles. The van der Waals surface area contributed by atoms with Gasteiger partial charge in [0.2, 0.25) is 0 Å². The second-order valence-electron chi connectivity index (χ2n) is 5.69. The van der Waals surface area contributed by atoms with Crippen LogP contribution in [0.4, 0.5) is 4.79 Å². The molecule has 0 radical (unpaired) electrons. The van der Waals surface area contributed by atoms with Gasteiger partial charge in [0.15, 0.2) is 0 Å². The van der Waals surface area contributed by atoms with Crippen LogP contribution < -0.4 is 10.6 Å². The molecular formula is C13H23N3O2. The maximum atomic E-state index is 12.3. The van der Waals surface area contributed by atoms with Gasteiger partial charge in [0.25, 0.3) is 0 Å². The third-order valence-electron chi connectivity index (χ3n) is 4.09. The van der Waals surface area contributed by atoms with Crippen molar-refractivity contribution in [2.24, 2.45) is 0 Å². The van der Waals surface area contributed by atoms with E-state index in [1.165, 1.54) is 25.7 Å². The van der Waals surface area contributed by atoms with Crippen LogP contribution in [0.2, 0.25) is 0 Å². The van der Waals surface area contributed by atoms with Crippen molar-refractivity contribution in [2.45, 2.75) is 50.2 Å². The van der Waals surface area contributed by atoms with Gasteiger partial charge in [-0.1, -0.05) is 0 Å². The summed E-state index contributed by atoms with van der Waals surface area (Å²) in [6, 6.07) is 1.31. The maximum absolute atomic E-state index is 12.3. The zero-order chi connectivity index (χ0) is 12.4. The third kappa shape index (κ3) is 2.95. The number of hydrogen-bond acceptors (Lipinski definition) is 3. The number of carbonyl (C=O) groups excluding carboxylic acids is 1. The van der Waals surface area contributed by atoms with Gasteiger partial charge in [-0.25, -0.2) is 4.79 Å². The van der Waals surface area contributed by atoms with Crippen molar-refractivity contribution in [3.8, 4) is 0 Å². The highest BCUT2D eigenvalue weighted by molar-refractivity contribution is 5.75. The van der Waals surface area contributed by atoms with Crippen molar-refractivity contribution < 1.29 is 9.53 Å². The fourth-order valence-corrected chi connectivity index (χ4v) is 2.84. The summed E-state index contributed by atoms with van der Waals surface area (Å²) in [5.74, 6) is 0. The number of ether oxygens (including phenoxy) is 1. The van der Waals surface area contributed by atoms with Gasteiger partial charge < -0.3 is 20.3 Å². The zero-order valence-corrected chi connectivity index (χ0v) is 10.9. The lowest BCUT2D eigenvalue weighted by atomic mass is 10.2. The van der Waals surface area contributed by atoms with Crippen LogP contribution in [0.15, 0.2) is 0 Å². The molecule has 2 aliphatic heterocycles. The van der Waals surface area contributed by atoms with Crippen LogP contribution in [0.5, 0.6) is 0 Å². The van der Waals surface area contributed by atoms with E-state index in [0.29, 0.717) is 18.7 Å². The molecule has 5 heteroatoms. The molecule has 0 aromatic heterocycles. The molecule has 18 heavy (non-hydrogen) atoms. The molecule has 0 aromatic rings. The molecule has 3 aliphatic rings. The molecule has 3 fully saturated rings. The van der Waals surface area contributed by atoms with Crippen molar-refractivity contribution >= 4 is 6.03 Å². The Bertz CT molecular complexity index is 295. The lowest BCUT2D eigenvalue weighted by Gasteiger charge is -2.27. The number of carbonyl (C=O) groups is 1. The van der Waals surface area contributed by atoms with Crippen LogP contribution in [0.3, 0.4) is 0 Å². The Morgan fingerprint density at radius 3 is 2.83 bits per heavy atom. The predicted octanol–water partition coefficient (Wildman–Crippen LogP) is 0.701. The lowest BCUT2D eigenvalue weighted by molar-refractivity contribution is 0.173. The number of hydrogen-bond donors (Lipinski definition) is 2. The monoisotopic (exact) mass is 253 g/mol. The smallest absolute Gasteiger partial charge is 0.318 e. The van der Waals surface area contributed by atoms with Gasteiger partial charge >= 0.3 is 6.03 Å². The summed E-state index contributed by atoms with van der Waals surface area (Å²) < 4.78 is 5.30. The Morgan fingerprint density at radius 1 is 1.33 bits per heavy atom. The maximum Gasteiger partial charge on any atom is 0.318 e. The second-order valence-corrected chi connectivity index (χ2v) is 5.69. The van der Waals surface area contributed by atoms with Crippen LogP contribution in [0, 0.1) is 0 Å². The van der Waals surface area contributed by atoms with Crippen molar-refractivity contribution in [3.05, 3.63) is 0 Å². The Balaban J connectivity index is 1.52. The molecule has 2 atom stereocenters. The molecule has 1 aliphatic carbocycles. The lowest BCUT2D eigenvalue weighted by Crippen LogP contribution is -2.50. The molecule has 2 unspecified atom stereocenters. The minimum absolute atomic E-state index is 0.113. The fraction of sp³-hybridized carbons (Fsp3) is 0.923. The van der Waals surface area contributed by atoms with Crippen LogP contribution in [-0.4, -0.2) is 55.4 Å². The van der Waals surface area contributed by atoms with E-state index < -0.39 is 0 Å². The molecule has 102 valence electrons. The van der Waals surface area contributed by atoms with Crippen LogP contribution in [0.25, 0.3) is 0 Å². The van der Waals surface area contributed by atoms with E-state index in [1.807, 2.05) is 4.90 Å². The Kier molecular flexibility index (Phi) is 3.70. The van der Waals surface area contributed by atoms with Gasteiger partial charge in [-0.2, -0.15) is 0 Å². The van der Waals surface area contributed by atoms with E-state index >= 15 is 0 Å². The summed E-state index contributed by atoms with van der Waals surface area (Å²) in [5.41, 5.74) is 0. The summed E-state index contributed by atoms with van der Waals surface area (Å²) in [5, 5.41) is 6.58. The first-order chi connectivity index (χ1) is 8.83. The number of urea groups is 1. The zero-order valence-electron chi connectivity index (χ0n) is 10.9. The topological polar surface area (TPSA) is 53.6 Å². The van der Waals surface area contributed by atoms with E-state index in [2.05, 4.69) is 10.6 Å². The van der Waals surface area contributed by atoms with Crippen LogP contribution >= 0.6 is 0 Å². The molecule has 2 heterocycles. The van der Waals surface area contributed by atoms with Gasteiger partial charge in [0, 0.05) is 25.2 Å². The molecule has 5 nitrogen and oxygen atoms in total. The van der Waals surface area contributed by atoms with E-state index in [4.69, 9.17) is 4.74 Å². The highest BCUT2D eigenvalue weighted by atomic mass is 16.5. The Hall–Kier alpha value is -0.810. The van der Waals surface area contributed by atoms with E-state index in [0.717, 1.165) is 26.1 Å². The fourth-order valence-electron chi connectivity index (χ4n) is 2.84. The number of nitrogens with zero attached hydrogens (tertiary/aromatic N) is 1. The minimum Gasteiger partial charge on any atom is -0.379 e. The summed E-state index contributed by atoms with van der Waals surface area (Å²) in [7, 11) is 0. The van der Waals surface area contributed by atoms with Crippen LogP contribution in [0.1, 0.15) is 32.1 Å². The molecule has 2 amide bonds. The summed E-state index contributed by atoms with van der Waals surface area (Å²) in [6.07, 6.45) is 5.72. The molecule has 0 bridgehead atoms. The summed E-state index contributed by atoms with van der Waals surface area (Å²) in [4.78, 5) is 14.3. The second kappa shape index (κ2) is 5.45. The molecular weight excluding hydrogens is 230 g/mol. The SMILES string of the molecule is O=C(NC1CCOC1)N(CC1CCCN1)C1CC1.